The maximum Gasteiger partial charge on any atom is 0.220 e. The van der Waals surface area contributed by atoms with E-state index in [2.05, 4.69) is 22.3 Å². The molecule has 0 aliphatic carbocycles. The second-order valence-corrected chi connectivity index (χ2v) is 5.73. The fraction of sp³-hybridized carbons (Fsp3) is 0.562. The predicted molar refractivity (Wildman–Crippen MR) is 83.5 cm³/mol. The Morgan fingerprint density at radius 3 is 2.50 bits per heavy atom. The number of hydrogen-bond acceptors (Lipinski definition) is 3. The first-order chi connectivity index (χ1) is 9.47. The van der Waals surface area contributed by atoms with Gasteiger partial charge in [-0.25, -0.2) is 0 Å². The molecule has 1 rings (SSSR count). The number of carbonyl (C=O) groups is 1. The summed E-state index contributed by atoms with van der Waals surface area (Å²) in [5, 5.41) is 3.12. The molecule has 0 spiro atoms. The molecule has 0 radical (unpaired) electrons. The van der Waals surface area contributed by atoms with E-state index in [-0.39, 0.29) is 18.0 Å². The minimum atomic E-state index is 0.0715. The first kappa shape index (κ1) is 16.7. The number of rotatable bonds is 8. The lowest BCUT2D eigenvalue weighted by molar-refractivity contribution is -0.122. The van der Waals surface area contributed by atoms with Gasteiger partial charge in [-0.15, -0.1) is 0 Å². The molecule has 4 heteroatoms. The number of benzene rings is 1. The van der Waals surface area contributed by atoms with Gasteiger partial charge in [-0.2, -0.15) is 0 Å². The molecule has 0 fully saturated rings. The molecule has 2 atom stereocenters. The molecule has 0 bridgehead atoms. The molecule has 0 heterocycles. The number of amides is 1. The van der Waals surface area contributed by atoms with Gasteiger partial charge >= 0.3 is 0 Å². The first-order valence-electron chi connectivity index (χ1n) is 7.21. The van der Waals surface area contributed by atoms with E-state index >= 15 is 0 Å². The predicted octanol–water partition coefficient (Wildman–Crippen LogP) is 1.40. The van der Waals surface area contributed by atoms with Crippen LogP contribution in [0.5, 0.6) is 0 Å². The van der Waals surface area contributed by atoms with E-state index in [0.717, 1.165) is 19.4 Å². The van der Waals surface area contributed by atoms with Gasteiger partial charge in [0.2, 0.25) is 5.91 Å². The topological polar surface area (TPSA) is 58.4 Å². The highest BCUT2D eigenvalue weighted by molar-refractivity contribution is 5.76. The second-order valence-electron chi connectivity index (χ2n) is 5.73. The Labute approximate surface area is 122 Å². The molecule has 4 nitrogen and oxygen atoms in total. The zero-order valence-electron chi connectivity index (χ0n) is 12.8. The summed E-state index contributed by atoms with van der Waals surface area (Å²) in [6.45, 7) is 2.76. The molecule has 1 amide bonds. The van der Waals surface area contributed by atoms with Crippen LogP contribution in [0.2, 0.25) is 0 Å². The van der Waals surface area contributed by atoms with Crippen molar-refractivity contribution in [3.63, 3.8) is 0 Å². The van der Waals surface area contributed by atoms with E-state index in [1.165, 1.54) is 5.56 Å². The molecule has 1 aromatic carbocycles. The van der Waals surface area contributed by atoms with Crippen LogP contribution in [0.25, 0.3) is 0 Å². The number of likely N-dealkylation sites (N-methyl/N-ethyl adjacent to an activating group) is 1. The number of carbonyl (C=O) groups excluding carboxylic acids is 1. The van der Waals surface area contributed by atoms with Crippen LogP contribution in [0.15, 0.2) is 30.3 Å². The molecule has 0 saturated heterocycles. The van der Waals surface area contributed by atoms with Crippen LogP contribution < -0.4 is 11.1 Å². The zero-order chi connectivity index (χ0) is 15.0. The molecular formula is C16H27N3O. The Balaban J connectivity index is 2.53. The van der Waals surface area contributed by atoms with Gasteiger partial charge in [0.05, 0.1) is 0 Å². The summed E-state index contributed by atoms with van der Waals surface area (Å²) in [4.78, 5) is 14.0. The van der Waals surface area contributed by atoms with Crippen molar-refractivity contribution in [2.75, 3.05) is 20.6 Å². The summed E-state index contributed by atoms with van der Waals surface area (Å²) in [7, 11) is 4.04. The van der Waals surface area contributed by atoms with Gasteiger partial charge in [-0.05, 0) is 39.4 Å². The van der Waals surface area contributed by atoms with E-state index in [1.54, 1.807) is 0 Å². The summed E-state index contributed by atoms with van der Waals surface area (Å²) in [5.41, 5.74) is 6.93. The maximum atomic E-state index is 11.9. The molecule has 112 valence electrons. The summed E-state index contributed by atoms with van der Waals surface area (Å²) in [6.07, 6.45) is 2.07. The highest BCUT2D eigenvalue weighted by atomic mass is 16.1. The van der Waals surface area contributed by atoms with Crippen molar-refractivity contribution in [1.82, 2.24) is 10.2 Å². The lowest BCUT2D eigenvalue weighted by Gasteiger charge is -2.23. The van der Waals surface area contributed by atoms with E-state index in [0.29, 0.717) is 6.42 Å². The van der Waals surface area contributed by atoms with Gasteiger partial charge in [-0.3, -0.25) is 4.79 Å². The highest BCUT2D eigenvalue weighted by Crippen LogP contribution is 2.05. The van der Waals surface area contributed by atoms with Crippen molar-refractivity contribution in [1.29, 1.82) is 0 Å². The lowest BCUT2D eigenvalue weighted by atomic mass is 10.1. The number of nitrogens with one attached hydrogen (secondary N) is 1. The van der Waals surface area contributed by atoms with E-state index < -0.39 is 0 Å². The van der Waals surface area contributed by atoms with Crippen LogP contribution in [0, 0.1) is 0 Å². The monoisotopic (exact) mass is 277 g/mol. The Bertz CT molecular complexity index is 390. The van der Waals surface area contributed by atoms with Crippen molar-refractivity contribution in [2.45, 2.75) is 38.3 Å². The van der Waals surface area contributed by atoms with Crippen LogP contribution >= 0.6 is 0 Å². The van der Waals surface area contributed by atoms with Crippen molar-refractivity contribution < 1.29 is 4.79 Å². The van der Waals surface area contributed by atoms with E-state index in [1.807, 2.05) is 39.2 Å². The van der Waals surface area contributed by atoms with Gasteiger partial charge in [0.15, 0.2) is 0 Å². The van der Waals surface area contributed by atoms with Crippen LogP contribution in [0.3, 0.4) is 0 Å². The Morgan fingerprint density at radius 2 is 1.95 bits per heavy atom. The maximum absolute atomic E-state index is 11.9. The average Bonchev–Trinajstić information content (AvgIpc) is 2.36. The number of nitrogens with two attached hydrogens (primary N) is 1. The second kappa shape index (κ2) is 8.72. The van der Waals surface area contributed by atoms with Gasteiger partial charge in [0.25, 0.3) is 0 Å². The largest absolute Gasteiger partial charge is 0.352 e. The van der Waals surface area contributed by atoms with Gasteiger partial charge in [0, 0.05) is 25.0 Å². The minimum Gasteiger partial charge on any atom is -0.352 e. The number of hydrogen-bond donors (Lipinski definition) is 2. The molecule has 0 aliphatic rings. The first-order valence-corrected chi connectivity index (χ1v) is 7.21. The summed E-state index contributed by atoms with van der Waals surface area (Å²) in [5.74, 6) is 0.0880. The van der Waals surface area contributed by atoms with Gasteiger partial charge in [0.1, 0.15) is 0 Å². The molecule has 0 aliphatic heterocycles. The average molecular weight is 277 g/mol. The molecule has 20 heavy (non-hydrogen) atoms. The standard InChI is InChI=1S/C16H27N3O/c1-13(17)9-10-16(20)18-15(12-19(2)3)11-14-7-5-4-6-8-14/h4-8,13,15H,9-12,17H2,1-3H3,(H,18,20). The normalized spacial score (nSPS) is 14.1. The fourth-order valence-corrected chi connectivity index (χ4v) is 2.16. The molecule has 0 aromatic heterocycles. The molecule has 0 saturated carbocycles. The Morgan fingerprint density at radius 1 is 1.30 bits per heavy atom. The van der Waals surface area contributed by atoms with Gasteiger partial charge in [-0.1, -0.05) is 30.3 Å². The Hall–Kier alpha value is -1.39. The third-order valence-electron chi connectivity index (χ3n) is 3.10. The van der Waals surface area contributed by atoms with Crippen LogP contribution in [-0.4, -0.2) is 43.5 Å². The van der Waals surface area contributed by atoms with Crippen molar-refractivity contribution in [2.24, 2.45) is 5.73 Å². The zero-order valence-corrected chi connectivity index (χ0v) is 12.8. The summed E-state index contributed by atoms with van der Waals surface area (Å²) < 4.78 is 0. The SMILES string of the molecule is CC(N)CCC(=O)NC(Cc1ccccc1)CN(C)C. The van der Waals surface area contributed by atoms with Crippen molar-refractivity contribution >= 4 is 5.91 Å². The van der Waals surface area contributed by atoms with E-state index in [9.17, 15) is 4.79 Å². The third kappa shape index (κ3) is 7.26. The highest BCUT2D eigenvalue weighted by Gasteiger charge is 2.14. The van der Waals surface area contributed by atoms with Gasteiger partial charge < -0.3 is 16.0 Å². The molecule has 3 N–H and O–H groups in total. The lowest BCUT2D eigenvalue weighted by Crippen LogP contribution is -2.43. The van der Waals surface area contributed by atoms with E-state index in [4.69, 9.17) is 5.73 Å². The molecular weight excluding hydrogens is 250 g/mol. The third-order valence-corrected chi connectivity index (χ3v) is 3.10. The van der Waals surface area contributed by atoms with Crippen molar-refractivity contribution in [3.8, 4) is 0 Å². The van der Waals surface area contributed by atoms with Crippen molar-refractivity contribution in [3.05, 3.63) is 35.9 Å². The smallest absolute Gasteiger partial charge is 0.220 e. The van der Waals surface area contributed by atoms with Crippen LogP contribution in [0.4, 0.5) is 0 Å². The molecule has 2 unspecified atom stereocenters. The fourth-order valence-electron chi connectivity index (χ4n) is 2.16. The quantitative estimate of drug-likeness (QED) is 0.755. The Kier molecular flexibility index (Phi) is 7.26. The molecule has 1 aromatic rings. The van der Waals surface area contributed by atoms with Crippen LogP contribution in [-0.2, 0) is 11.2 Å². The number of nitrogens with zero attached hydrogens (tertiary/aromatic N) is 1. The van der Waals surface area contributed by atoms with Crippen LogP contribution in [0.1, 0.15) is 25.3 Å². The summed E-state index contributed by atoms with van der Waals surface area (Å²) in [6, 6.07) is 10.5. The minimum absolute atomic E-state index is 0.0715. The summed E-state index contributed by atoms with van der Waals surface area (Å²) >= 11 is 0.